The number of rotatable bonds is 8. The van der Waals surface area contributed by atoms with Crippen LogP contribution in [0.1, 0.15) is 13.8 Å². The molecule has 2 N–H and O–H groups in total. The van der Waals surface area contributed by atoms with Crippen molar-refractivity contribution in [3.63, 3.8) is 0 Å². The van der Waals surface area contributed by atoms with Gasteiger partial charge in [-0.15, -0.1) is 11.8 Å². The highest BCUT2D eigenvalue weighted by Crippen LogP contribution is 2.21. The number of hydrazine groups is 1. The number of ether oxygens (including phenoxy) is 2. The number of carbonyl (C=O) groups is 2. The highest BCUT2D eigenvalue weighted by atomic mass is 32.2. The summed E-state index contributed by atoms with van der Waals surface area (Å²) < 4.78 is 24.1. The first-order valence-corrected chi connectivity index (χ1v) is 9.33. The minimum atomic E-state index is -0.971. The molecule has 2 amide bonds. The third-order valence-electron chi connectivity index (χ3n) is 3.34. The van der Waals surface area contributed by atoms with Gasteiger partial charge in [0.05, 0.1) is 12.4 Å². The van der Waals surface area contributed by atoms with Crippen LogP contribution in [0.2, 0.25) is 0 Å². The van der Waals surface area contributed by atoms with Crippen LogP contribution in [-0.4, -0.2) is 30.3 Å². The predicted molar refractivity (Wildman–Crippen MR) is 101 cm³/mol. The van der Waals surface area contributed by atoms with Crippen molar-refractivity contribution < 1.29 is 23.5 Å². The normalized spacial score (nSPS) is 11.4. The van der Waals surface area contributed by atoms with E-state index >= 15 is 0 Å². The first kappa shape index (κ1) is 20.6. The summed E-state index contributed by atoms with van der Waals surface area (Å²) in [5.74, 6) is -0.664. The molecular formula is C19H21FN2O4S. The van der Waals surface area contributed by atoms with Gasteiger partial charge >= 0.3 is 0 Å². The zero-order chi connectivity index (χ0) is 19.6. The molecular weight excluding hydrogens is 371 g/mol. The van der Waals surface area contributed by atoms with Gasteiger partial charge in [-0.3, -0.25) is 20.4 Å². The zero-order valence-electron chi connectivity index (χ0n) is 15.0. The van der Waals surface area contributed by atoms with E-state index in [0.717, 1.165) is 10.6 Å². The van der Waals surface area contributed by atoms with E-state index in [0.29, 0.717) is 6.61 Å². The number of para-hydroxylation sites is 1. The van der Waals surface area contributed by atoms with Crippen molar-refractivity contribution in [2.75, 3.05) is 12.4 Å². The van der Waals surface area contributed by atoms with E-state index in [-0.39, 0.29) is 17.4 Å². The Labute approximate surface area is 161 Å². The molecule has 144 valence electrons. The molecule has 27 heavy (non-hydrogen) atoms. The lowest BCUT2D eigenvalue weighted by atomic mass is 10.3. The number of hydrogen-bond acceptors (Lipinski definition) is 5. The van der Waals surface area contributed by atoms with Gasteiger partial charge in [0.15, 0.2) is 17.7 Å². The number of benzene rings is 2. The topological polar surface area (TPSA) is 76.7 Å². The van der Waals surface area contributed by atoms with E-state index in [2.05, 4.69) is 10.9 Å². The molecule has 0 unspecified atom stereocenters. The summed E-state index contributed by atoms with van der Waals surface area (Å²) >= 11 is 1.32. The Morgan fingerprint density at radius 1 is 1.11 bits per heavy atom. The van der Waals surface area contributed by atoms with Gasteiger partial charge in [0.25, 0.3) is 5.91 Å². The lowest BCUT2D eigenvalue weighted by Gasteiger charge is -2.15. The fourth-order valence-corrected chi connectivity index (χ4v) is 2.70. The van der Waals surface area contributed by atoms with Crippen LogP contribution >= 0.6 is 11.8 Å². The van der Waals surface area contributed by atoms with Crippen LogP contribution in [0.4, 0.5) is 4.39 Å². The average Bonchev–Trinajstić information content (AvgIpc) is 2.67. The maximum absolute atomic E-state index is 13.5. The predicted octanol–water partition coefficient (Wildman–Crippen LogP) is 2.93. The molecule has 6 nitrogen and oxygen atoms in total. The molecule has 1 atom stereocenters. The number of thioether (sulfide) groups is 1. The largest absolute Gasteiger partial charge is 0.494 e. The van der Waals surface area contributed by atoms with Crippen molar-refractivity contribution in [1.29, 1.82) is 0 Å². The molecule has 0 aliphatic carbocycles. The quantitative estimate of drug-likeness (QED) is 0.534. The Morgan fingerprint density at radius 2 is 1.81 bits per heavy atom. The number of halogens is 1. The van der Waals surface area contributed by atoms with E-state index < -0.39 is 17.8 Å². The smallest absolute Gasteiger partial charge is 0.279 e. The van der Waals surface area contributed by atoms with Crippen LogP contribution in [0, 0.1) is 5.82 Å². The standard InChI is InChI=1S/C19H21FN2O4S/c1-3-25-14-8-10-15(11-9-14)27-12-18(23)21-22-19(24)13(2)26-17-7-5-4-6-16(17)20/h4-11,13H,3,12H2,1-2H3,(H,21,23)(H,22,24)/t13-/m1/s1. The molecule has 0 heterocycles. The summed E-state index contributed by atoms with van der Waals surface area (Å²) in [5, 5.41) is 0. The maximum Gasteiger partial charge on any atom is 0.279 e. The summed E-state index contributed by atoms with van der Waals surface area (Å²) in [6.07, 6.45) is -0.971. The molecule has 2 rings (SSSR count). The molecule has 0 radical (unpaired) electrons. The lowest BCUT2D eigenvalue weighted by molar-refractivity contribution is -0.132. The van der Waals surface area contributed by atoms with Crippen molar-refractivity contribution >= 4 is 23.6 Å². The molecule has 0 aliphatic heterocycles. The second-order valence-corrected chi connectivity index (χ2v) is 6.47. The molecule has 2 aromatic rings. The minimum absolute atomic E-state index is 0.0301. The monoisotopic (exact) mass is 392 g/mol. The number of amides is 2. The van der Waals surface area contributed by atoms with Crippen LogP contribution in [0.25, 0.3) is 0 Å². The third kappa shape index (κ3) is 6.82. The first-order valence-electron chi connectivity index (χ1n) is 8.35. The van der Waals surface area contributed by atoms with Crippen molar-refractivity contribution in [2.24, 2.45) is 0 Å². The summed E-state index contributed by atoms with van der Waals surface area (Å²) in [4.78, 5) is 24.7. The number of hydrogen-bond donors (Lipinski definition) is 2. The second kappa shape index (κ2) is 10.4. The van der Waals surface area contributed by atoms with Crippen molar-refractivity contribution in [2.45, 2.75) is 24.8 Å². The summed E-state index contributed by atoms with van der Waals surface area (Å²) in [5.41, 5.74) is 4.57. The molecule has 0 bridgehead atoms. The van der Waals surface area contributed by atoms with Gasteiger partial charge in [-0.1, -0.05) is 12.1 Å². The maximum atomic E-state index is 13.5. The lowest BCUT2D eigenvalue weighted by Crippen LogP contribution is -2.47. The molecule has 0 fully saturated rings. The van der Waals surface area contributed by atoms with E-state index in [1.165, 1.54) is 36.9 Å². The molecule has 0 aliphatic rings. The van der Waals surface area contributed by atoms with Gasteiger partial charge < -0.3 is 9.47 Å². The van der Waals surface area contributed by atoms with Crippen LogP contribution < -0.4 is 20.3 Å². The Morgan fingerprint density at radius 3 is 2.48 bits per heavy atom. The van der Waals surface area contributed by atoms with Gasteiger partial charge in [-0.2, -0.15) is 0 Å². The van der Waals surface area contributed by atoms with E-state index in [4.69, 9.17) is 9.47 Å². The van der Waals surface area contributed by atoms with Crippen LogP contribution in [0.15, 0.2) is 53.4 Å². The summed E-state index contributed by atoms with van der Waals surface area (Å²) in [6.45, 7) is 3.96. The number of carbonyl (C=O) groups excluding carboxylic acids is 2. The van der Waals surface area contributed by atoms with Crippen molar-refractivity contribution in [3.05, 3.63) is 54.3 Å². The van der Waals surface area contributed by atoms with Crippen LogP contribution in [0.5, 0.6) is 11.5 Å². The van der Waals surface area contributed by atoms with Gasteiger partial charge in [-0.25, -0.2) is 4.39 Å². The molecule has 8 heteroatoms. The van der Waals surface area contributed by atoms with Crippen molar-refractivity contribution in [1.82, 2.24) is 10.9 Å². The average molecular weight is 392 g/mol. The van der Waals surface area contributed by atoms with Crippen LogP contribution in [-0.2, 0) is 9.59 Å². The Hall–Kier alpha value is -2.74. The summed E-state index contributed by atoms with van der Waals surface area (Å²) in [6, 6.07) is 13.1. The third-order valence-corrected chi connectivity index (χ3v) is 4.35. The van der Waals surface area contributed by atoms with Gasteiger partial charge in [0, 0.05) is 4.90 Å². The second-order valence-electron chi connectivity index (χ2n) is 5.42. The SMILES string of the molecule is CCOc1ccc(SCC(=O)NNC(=O)[C@@H](C)Oc2ccccc2F)cc1. The van der Waals surface area contributed by atoms with E-state index in [9.17, 15) is 14.0 Å². The van der Waals surface area contributed by atoms with Crippen LogP contribution in [0.3, 0.4) is 0 Å². The molecule has 0 saturated carbocycles. The van der Waals surface area contributed by atoms with Crippen molar-refractivity contribution in [3.8, 4) is 11.5 Å². The zero-order valence-corrected chi connectivity index (χ0v) is 15.8. The Bertz CT molecular complexity index is 771. The van der Waals surface area contributed by atoms with Gasteiger partial charge in [-0.05, 0) is 50.2 Å². The fraction of sp³-hybridized carbons (Fsp3) is 0.263. The number of nitrogens with one attached hydrogen (secondary N) is 2. The Balaban J connectivity index is 1.72. The first-order chi connectivity index (χ1) is 13.0. The summed E-state index contributed by atoms with van der Waals surface area (Å²) in [7, 11) is 0. The fourth-order valence-electron chi connectivity index (χ4n) is 2.00. The highest BCUT2D eigenvalue weighted by Gasteiger charge is 2.17. The molecule has 2 aromatic carbocycles. The molecule has 0 aromatic heterocycles. The molecule has 0 spiro atoms. The van der Waals surface area contributed by atoms with E-state index in [1.807, 2.05) is 31.2 Å². The Kier molecular flexibility index (Phi) is 7.94. The van der Waals surface area contributed by atoms with Gasteiger partial charge in [0.1, 0.15) is 5.75 Å². The van der Waals surface area contributed by atoms with Gasteiger partial charge in [0.2, 0.25) is 5.91 Å². The van der Waals surface area contributed by atoms with E-state index in [1.54, 1.807) is 6.07 Å². The minimum Gasteiger partial charge on any atom is -0.494 e. The molecule has 0 saturated heterocycles. The highest BCUT2D eigenvalue weighted by molar-refractivity contribution is 8.00.